The summed E-state index contributed by atoms with van der Waals surface area (Å²) in [6.07, 6.45) is 4.33. The molecule has 3 nitrogen and oxygen atoms in total. The third-order valence-electron chi connectivity index (χ3n) is 4.64. The van der Waals surface area contributed by atoms with Crippen LogP contribution in [-0.2, 0) is 9.53 Å². The van der Waals surface area contributed by atoms with Crippen molar-refractivity contribution in [2.45, 2.75) is 44.8 Å². The van der Waals surface area contributed by atoms with E-state index in [0.717, 1.165) is 30.5 Å². The van der Waals surface area contributed by atoms with Gasteiger partial charge in [0.15, 0.2) is 5.54 Å². The minimum absolute atomic E-state index is 0.139. The molecule has 116 valence electrons. The molecular formula is C19H23NO2. The lowest BCUT2D eigenvalue weighted by Crippen LogP contribution is -2.44. The highest BCUT2D eigenvalue weighted by atomic mass is 16.5. The maximum Gasteiger partial charge on any atom is 0.335 e. The molecule has 2 aliphatic rings. The van der Waals surface area contributed by atoms with Crippen LogP contribution >= 0.6 is 0 Å². The van der Waals surface area contributed by atoms with Gasteiger partial charge in [0.1, 0.15) is 6.10 Å². The summed E-state index contributed by atoms with van der Waals surface area (Å²) >= 11 is 0. The van der Waals surface area contributed by atoms with Crippen LogP contribution in [0.4, 0.5) is 0 Å². The number of carbonyl (C=O) groups excluding carboxylic acids is 1. The number of rotatable bonds is 5. The molecule has 1 heterocycles. The first-order valence-electron chi connectivity index (χ1n) is 8.05. The number of cyclic esters (lactones) is 1. The molecule has 3 rings (SSSR count). The van der Waals surface area contributed by atoms with Gasteiger partial charge in [0.25, 0.3) is 0 Å². The maximum atomic E-state index is 12.5. The number of nitrogens with zero attached hydrogens (tertiary/aromatic N) is 1. The molecule has 3 atom stereocenters. The molecule has 22 heavy (non-hydrogen) atoms. The van der Waals surface area contributed by atoms with E-state index in [1.54, 1.807) is 0 Å². The Balaban J connectivity index is 1.96. The molecule has 0 bridgehead atoms. The van der Waals surface area contributed by atoms with Crippen LogP contribution in [0.1, 0.15) is 38.7 Å². The van der Waals surface area contributed by atoms with E-state index in [2.05, 4.69) is 20.4 Å². The third-order valence-corrected chi connectivity index (χ3v) is 4.64. The van der Waals surface area contributed by atoms with Crippen molar-refractivity contribution in [2.24, 2.45) is 16.8 Å². The van der Waals surface area contributed by atoms with Gasteiger partial charge in [-0.2, -0.15) is 0 Å². The predicted octanol–water partition coefficient (Wildman–Crippen LogP) is 3.78. The van der Waals surface area contributed by atoms with Crippen LogP contribution in [0.25, 0.3) is 0 Å². The molecule has 1 aromatic carbocycles. The average Bonchev–Trinajstić information content (AvgIpc) is 3.22. The lowest BCUT2D eigenvalue weighted by Gasteiger charge is -2.31. The van der Waals surface area contributed by atoms with E-state index in [0.29, 0.717) is 5.92 Å². The molecule has 0 radical (unpaired) electrons. The summed E-state index contributed by atoms with van der Waals surface area (Å²) in [5, 5.41) is 0. The fourth-order valence-corrected chi connectivity index (χ4v) is 3.25. The lowest BCUT2D eigenvalue weighted by atomic mass is 9.94. The Labute approximate surface area is 132 Å². The Morgan fingerprint density at radius 3 is 2.77 bits per heavy atom. The zero-order chi connectivity index (χ0) is 15.7. The fourth-order valence-electron chi connectivity index (χ4n) is 3.25. The monoisotopic (exact) mass is 297 g/mol. The van der Waals surface area contributed by atoms with Gasteiger partial charge in [-0.05, 0) is 36.7 Å². The summed E-state index contributed by atoms with van der Waals surface area (Å²) < 4.78 is 5.81. The number of hydrogen-bond acceptors (Lipinski definition) is 3. The van der Waals surface area contributed by atoms with E-state index >= 15 is 0 Å². The zero-order valence-electron chi connectivity index (χ0n) is 13.3. The largest absolute Gasteiger partial charge is 0.454 e. The van der Waals surface area contributed by atoms with Crippen molar-refractivity contribution < 1.29 is 9.53 Å². The van der Waals surface area contributed by atoms with Crippen molar-refractivity contribution in [3.8, 4) is 0 Å². The Hall–Kier alpha value is -1.90. The van der Waals surface area contributed by atoms with Crippen LogP contribution in [0, 0.1) is 11.8 Å². The van der Waals surface area contributed by atoms with Crippen LogP contribution in [-0.4, -0.2) is 23.3 Å². The van der Waals surface area contributed by atoms with Gasteiger partial charge in [-0.25, -0.2) is 4.79 Å². The minimum Gasteiger partial charge on any atom is -0.454 e. The molecule has 1 spiro atoms. The first-order valence-corrected chi connectivity index (χ1v) is 8.05. The van der Waals surface area contributed by atoms with Gasteiger partial charge in [0, 0.05) is 0 Å². The first kappa shape index (κ1) is 15.0. The van der Waals surface area contributed by atoms with Crippen molar-refractivity contribution in [1.29, 1.82) is 0 Å². The number of hydrogen-bond donors (Lipinski definition) is 0. The summed E-state index contributed by atoms with van der Waals surface area (Å²) in [4.78, 5) is 17.4. The van der Waals surface area contributed by atoms with Gasteiger partial charge in [0.05, 0.1) is 5.71 Å². The molecular weight excluding hydrogens is 274 g/mol. The van der Waals surface area contributed by atoms with Crippen LogP contribution in [0.5, 0.6) is 0 Å². The number of aliphatic imine (C=N–C) groups is 1. The summed E-state index contributed by atoms with van der Waals surface area (Å²) in [6, 6.07) is 10.1. The second kappa shape index (κ2) is 5.71. The normalized spacial score (nSPS) is 30.1. The van der Waals surface area contributed by atoms with E-state index in [9.17, 15) is 4.79 Å². The van der Waals surface area contributed by atoms with Crippen molar-refractivity contribution in [3.05, 3.63) is 48.6 Å². The van der Waals surface area contributed by atoms with Crippen LogP contribution in [0.15, 0.2) is 48.0 Å². The maximum absolute atomic E-state index is 12.5. The van der Waals surface area contributed by atoms with Gasteiger partial charge < -0.3 is 4.74 Å². The van der Waals surface area contributed by atoms with Crippen LogP contribution in [0.3, 0.4) is 0 Å². The van der Waals surface area contributed by atoms with Crippen LogP contribution < -0.4 is 0 Å². The molecule has 0 N–H and O–H groups in total. The van der Waals surface area contributed by atoms with E-state index in [1.165, 1.54) is 0 Å². The molecule has 1 fully saturated rings. The fraction of sp³-hybridized carbons (Fsp3) is 0.474. The highest BCUT2D eigenvalue weighted by Gasteiger charge is 2.63. The summed E-state index contributed by atoms with van der Waals surface area (Å²) in [7, 11) is 0. The Morgan fingerprint density at radius 1 is 1.41 bits per heavy atom. The van der Waals surface area contributed by atoms with Crippen molar-refractivity contribution in [1.82, 2.24) is 0 Å². The predicted molar refractivity (Wildman–Crippen MR) is 88.0 cm³/mol. The molecule has 1 aromatic rings. The average molecular weight is 297 g/mol. The summed E-state index contributed by atoms with van der Waals surface area (Å²) in [6.45, 7) is 7.89. The standard InChI is InChI=1S/C19H23NO2/c1-4-5-11-15-12-19(15)18(21)22-17(13(2)3)16(20-19)14-9-7-6-8-10-14/h4,6-10,13,15,17H,1,5,11-12H2,2-3H3/t15-,17+,19+/m1/s1. The second-order valence-electron chi connectivity index (χ2n) is 6.62. The molecule has 0 unspecified atom stereocenters. The topological polar surface area (TPSA) is 38.7 Å². The Morgan fingerprint density at radius 2 is 2.14 bits per heavy atom. The quantitative estimate of drug-likeness (QED) is 0.613. The van der Waals surface area contributed by atoms with Gasteiger partial charge in [-0.1, -0.05) is 50.3 Å². The second-order valence-corrected chi connectivity index (χ2v) is 6.62. The Kier molecular flexibility index (Phi) is 3.90. The number of ether oxygens (including phenoxy) is 1. The van der Waals surface area contributed by atoms with E-state index < -0.39 is 5.54 Å². The highest BCUT2D eigenvalue weighted by molar-refractivity contribution is 6.09. The van der Waals surface area contributed by atoms with Crippen molar-refractivity contribution in [3.63, 3.8) is 0 Å². The third kappa shape index (κ3) is 2.49. The molecule has 1 saturated carbocycles. The van der Waals surface area contributed by atoms with E-state index in [4.69, 9.17) is 9.73 Å². The molecule has 0 aromatic heterocycles. The lowest BCUT2D eigenvalue weighted by molar-refractivity contribution is -0.152. The summed E-state index contributed by atoms with van der Waals surface area (Å²) in [5.74, 6) is 0.371. The van der Waals surface area contributed by atoms with Crippen LogP contribution in [0.2, 0.25) is 0 Å². The van der Waals surface area contributed by atoms with Gasteiger partial charge in [-0.3, -0.25) is 4.99 Å². The number of esters is 1. The molecule has 0 amide bonds. The van der Waals surface area contributed by atoms with Gasteiger partial charge >= 0.3 is 5.97 Å². The molecule has 0 saturated heterocycles. The summed E-state index contributed by atoms with van der Waals surface area (Å²) in [5.41, 5.74) is 1.36. The minimum atomic E-state index is -0.625. The number of carbonyl (C=O) groups is 1. The van der Waals surface area contributed by atoms with Gasteiger partial charge in [-0.15, -0.1) is 6.58 Å². The van der Waals surface area contributed by atoms with E-state index in [-0.39, 0.29) is 18.0 Å². The van der Waals surface area contributed by atoms with E-state index in [1.807, 2.05) is 36.4 Å². The van der Waals surface area contributed by atoms with Gasteiger partial charge in [0.2, 0.25) is 0 Å². The Bertz CT molecular complexity index is 605. The van der Waals surface area contributed by atoms with Crippen molar-refractivity contribution >= 4 is 11.7 Å². The highest BCUT2D eigenvalue weighted by Crippen LogP contribution is 2.53. The first-order chi connectivity index (χ1) is 10.6. The number of allylic oxidation sites excluding steroid dienone is 1. The molecule has 1 aliphatic carbocycles. The SMILES string of the molecule is C=CCC[C@@H]1C[C@]12N=C(c1ccccc1)[C@H](C(C)C)OC2=O. The number of benzene rings is 1. The zero-order valence-corrected chi connectivity index (χ0v) is 13.3. The molecule has 3 heteroatoms. The smallest absolute Gasteiger partial charge is 0.335 e. The van der Waals surface area contributed by atoms with Crippen molar-refractivity contribution in [2.75, 3.05) is 0 Å². The molecule has 1 aliphatic heterocycles.